The molecule has 2 aliphatic rings. The molecule has 2 fully saturated rings. The lowest BCUT2D eigenvalue weighted by molar-refractivity contribution is -0.141. The molecular formula is C26H28F3N7O2. The summed E-state index contributed by atoms with van der Waals surface area (Å²) < 4.78 is 54.9. The van der Waals surface area contributed by atoms with Crippen molar-refractivity contribution in [2.75, 3.05) is 33.4 Å². The minimum absolute atomic E-state index is 0.0869. The van der Waals surface area contributed by atoms with E-state index in [1.54, 1.807) is 6.33 Å². The van der Waals surface area contributed by atoms with Crippen LogP contribution < -0.4 is 4.74 Å². The number of fused-ring (bicyclic) bond motifs is 1. The number of halogens is 3. The normalized spacial score (nSPS) is 19.7. The van der Waals surface area contributed by atoms with Crippen molar-refractivity contribution in [2.45, 2.75) is 36.9 Å². The Morgan fingerprint density at radius 1 is 1.21 bits per heavy atom. The van der Waals surface area contributed by atoms with E-state index in [0.29, 0.717) is 41.8 Å². The highest BCUT2D eigenvalue weighted by Crippen LogP contribution is 2.40. The van der Waals surface area contributed by atoms with E-state index in [9.17, 15) is 13.2 Å². The zero-order chi connectivity index (χ0) is 26.5. The van der Waals surface area contributed by atoms with E-state index in [0.717, 1.165) is 36.8 Å². The lowest BCUT2D eigenvalue weighted by Crippen LogP contribution is -2.49. The number of H-pyrrole nitrogens is 1. The van der Waals surface area contributed by atoms with Gasteiger partial charge in [-0.05, 0) is 44.1 Å². The quantitative estimate of drug-likeness (QED) is 0.391. The summed E-state index contributed by atoms with van der Waals surface area (Å²) in [6.07, 6.45) is -0.380. The molecule has 6 rings (SSSR count). The molecule has 0 aliphatic carbocycles. The van der Waals surface area contributed by atoms with Crippen molar-refractivity contribution in [3.8, 4) is 17.1 Å². The fourth-order valence-corrected chi connectivity index (χ4v) is 5.31. The van der Waals surface area contributed by atoms with Gasteiger partial charge in [-0.1, -0.05) is 18.2 Å². The van der Waals surface area contributed by atoms with Crippen LogP contribution in [0.2, 0.25) is 0 Å². The second-order valence-corrected chi connectivity index (χ2v) is 10.3. The van der Waals surface area contributed by atoms with Gasteiger partial charge in [0.25, 0.3) is 0 Å². The minimum atomic E-state index is -4.63. The van der Waals surface area contributed by atoms with Crippen LogP contribution in [0.25, 0.3) is 22.2 Å². The molecule has 200 valence electrons. The Labute approximate surface area is 217 Å². The van der Waals surface area contributed by atoms with Gasteiger partial charge in [0.2, 0.25) is 5.88 Å². The molecule has 0 spiro atoms. The van der Waals surface area contributed by atoms with Gasteiger partial charge in [0.1, 0.15) is 35.7 Å². The Morgan fingerprint density at radius 3 is 2.71 bits per heavy atom. The molecule has 1 N–H and O–H groups in total. The summed E-state index contributed by atoms with van der Waals surface area (Å²) in [6.45, 7) is 2.22. The maximum atomic E-state index is 13.8. The summed E-state index contributed by atoms with van der Waals surface area (Å²) >= 11 is 0. The first-order valence-corrected chi connectivity index (χ1v) is 12.5. The summed E-state index contributed by atoms with van der Waals surface area (Å²) in [4.78, 5) is 5.97. The number of nitrogens with zero attached hydrogens (tertiary/aromatic N) is 6. The number of ether oxygens (including phenoxy) is 2. The van der Waals surface area contributed by atoms with Crippen molar-refractivity contribution in [2.24, 2.45) is 7.05 Å². The Hall–Kier alpha value is -3.51. The molecule has 3 aromatic heterocycles. The predicted molar refractivity (Wildman–Crippen MR) is 133 cm³/mol. The van der Waals surface area contributed by atoms with Crippen molar-refractivity contribution in [3.05, 3.63) is 53.7 Å². The van der Waals surface area contributed by atoms with Gasteiger partial charge in [-0.15, -0.1) is 10.2 Å². The Kier molecular flexibility index (Phi) is 6.10. The number of aromatic amines is 1. The van der Waals surface area contributed by atoms with Crippen LogP contribution in [0.3, 0.4) is 0 Å². The van der Waals surface area contributed by atoms with Gasteiger partial charge in [-0.25, -0.2) is 4.98 Å². The molecule has 38 heavy (non-hydrogen) atoms. The number of nitrogens with one attached hydrogen (secondary N) is 1. The number of benzene rings is 1. The first-order chi connectivity index (χ1) is 18.2. The summed E-state index contributed by atoms with van der Waals surface area (Å²) in [5.41, 5.74) is 1.14. The zero-order valence-corrected chi connectivity index (χ0v) is 21.1. The molecule has 0 radical (unpaired) electrons. The van der Waals surface area contributed by atoms with Gasteiger partial charge in [0.15, 0.2) is 0 Å². The monoisotopic (exact) mass is 527 g/mol. The van der Waals surface area contributed by atoms with Crippen LogP contribution in [0.1, 0.15) is 29.9 Å². The number of alkyl halides is 3. The smallest absolute Gasteiger partial charge is 0.433 e. The maximum Gasteiger partial charge on any atom is 0.433 e. The summed E-state index contributed by atoms with van der Waals surface area (Å²) in [6, 6.07) is 8.88. The van der Waals surface area contributed by atoms with Crippen LogP contribution in [0.5, 0.6) is 5.88 Å². The molecule has 2 saturated heterocycles. The number of likely N-dealkylation sites (N-methyl/N-ethyl adjacent to an activating group) is 1. The number of pyridine rings is 1. The van der Waals surface area contributed by atoms with E-state index < -0.39 is 11.9 Å². The van der Waals surface area contributed by atoms with Gasteiger partial charge in [-0.3, -0.25) is 5.10 Å². The molecule has 0 amide bonds. The lowest BCUT2D eigenvalue weighted by atomic mass is 9.75. The van der Waals surface area contributed by atoms with Crippen molar-refractivity contribution < 1.29 is 22.6 Å². The van der Waals surface area contributed by atoms with Gasteiger partial charge in [0, 0.05) is 35.9 Å². The molecule has 5 heterocycles. The van der Waals surface area contributed by atoms with Crippen molar-refractivity contribution >= 4 is 10.9 Å². The SMILES string of the molecule is CN1CCC[C@@H]1COc1nc(C(F)(F)F)cc2c(-c3cccc(C4(Cc5nncn5C)COC4)c3)n[nH]c12. The highest BCUT2D eigenvalue weighted by atomic mass is 19.4. The molecule has 2 aliphatic heterocycles. The number of hydrogen-bond donors (Lipinski definition) is 1. The Bertz CT molecular complexity index is 1460. The van der Waals surface area contributed by atoms with Crippen LogP contribution in [0.4, 0.5) is 13.2 Å². The molecular weight excluding hydrogens is 499 g/mol. The molecule has 0 saturated carbocycles. The van der Waals surface area contributed by atoms with Gasteiger partial charge >= 0.3 is 6.18 Å². The summed E-state index contributed by atoms with van der Waals surface area (Å²) in [5.74, 6) is 0.746. The third-order valence-corrected chi connectivity index (χ3v) is 7.70. The lowest BCUT2D eigenvalue weighted by Gasteiger charge is -2.41. The third kappa shape index (κ3) is 4.41. The highest BCUT2D eigenvalue weighted by molar-refractivity contribution is 5.95. The van der Waals surface area contributed by atoms with Crippen LogP contribution in [0.15, 0.2) is 36.7 Å². The molecule has 0 unspecified atom stereocenters. The van der Waals surface area contributed by atoms with E-state index in [1.165, 1.54) is 0 Å². The van der Waals surface area contributed by atoms with Crippen molar-refractivity contribution in [1.82, 2.24) is 34.8 Å². The van der Waals surface area contributed by atoms with Gasteiger partial charge < -0.3 is 18.9 Å². The maximum absolute atomic E-state index is 13.8. The summed E-state index contributed by atoms with van der Waals surface area (Å²) in [7, 11) is 3.88. The molecule has 4 aromatic rings. The molecule has 1 aromatic carbocycles. The molecule has 0 bridgehead atoms. The van der Waals surface area contributed by atoms with E-state index >= 15 is 0 Å². The Balaban J connectivity index is 1.38. The molecule has 1 atom stereocenters. The number of hydrogen-bond acceptors (Lipinski definition) is 7. The zero-order valence-electron chi connectivity index (χ0n) is 21.1. The van der Waals surface area contributed by atoms with E-state index in [2.05, 4.69) is 30.3 Å². The van der Waals surface area contributed by atoms with Gasteiger partial charge in [0.05, 0.1) is 13.2 Å². The fraction of sp³-hybridized carbons (Fsp3) is 0.462. The summed E-state index contributed by atoms with van der Waals surface area (Å²) in [5, 5.41) is 15.8. The number of likely N-dealkylation sites (tertiary alicyclic amines) is 1. The fourth-order valence-electron chi connectivity index (χ4n) is 5.31. The minimum Gasteiger partial charge on any atom is -0.474 e. The van der Waals surface area contributed by atoms with Crippen LogP contribution >= 0.6 is 0 Å². The largest absolute Gasteiger partial charge is 0.474 e. The highest BCUT2D eigenvalue weighted by Gasteiger charge is 2.42. The average molecular weight is 528 g/mol. The number of aromatic nitrogens is 6. The van der Waals surface area contributed by atoms with Crippen LogP contribution in [0, 0.1) is 0 Å². The van der Waals surface area contributed by atoms with E-state index in [1.807, 2.05) is 42.9 Å². The Morgan fingerprint density at radius 2 is 2.05 bits per heavy atom. The average Bonchev–Trinajstić information content (AvgIpc) is 3.59. The topological polar surface area (TPSA) is 94.0 Å². The third-order valence-electron chi connectivity index (χ3n) is 7.70. The van der Waals surface area contributed by atoms with E-state index in [4.69, 9.17) is 9.47 Å². The van der Waals surface area contributed by atoms with E-state index in [-0.39, 0.29) is 23.9 Å². The first-order valence-electron chi connectivity index (χ1n) is 12.5. The predicted octanol–water partition coefficient (Wildman–Crippen LogP) is 3.76. The standard InChI is InChI=1S/C26H28F3N7O2/c1-35-8-4-7-18(35)12-38-24-23-19(10-20(31-24)26(27,28)29)22(33-34-23)16-5-3-6-17(9-16)25(13-37-14-25)11-21-32-30-15-36(21)2/h3,5-6,9-10,15,18H,4,7-8,11-14H2,1-2H3,(H,33,34)/t18-/m1/s1. The first kappa shape index (κ1) is 24.8. The van der Waals surface area contributed by atoms with Crippen molar-refractivity contribution in [3.63, 3.8) is 0 Å². The molecule has 9 nitrogen and oxygen atoms in total. The van der Waals surface area contributed by atoms with Crippen molar-refractivity contribution in [1.29, 1.82) is 0 Å². The number of rotatable bonds is 7. The molecule has 12 heteroatoms. The number of aryl methyl sites for hydroxylation is 1. The van der Waals surface area contributed by atoms with Crippen LogP contribution in [-0.4, -0.2) is 74.3 Å². The van der Waals surface area contributed by atoms with Crippen LogP contribution in [-0.2, 0) is 29.8 Å². The second-order valence-electron chi connectivity index (χ2n) is 10.3. The van der Waals surface area contributed by atoms with Gasteiger partial charge in [-0.2, -0.15) is 18.3 Å². The second kappa shape index (κ2) is 9.35.